The van der Waals surface area contributed by atoms with E-state index in [9.17, 15) is 9.18 Å². The summed E-state index contributed by atoms with van der Waals surface area (Å²) in [4.78, 5) is 20.9. The van der Waals surface area contributed by atoms with Gasteiger partial charge in [0.05, 0.1) is 12.1 Å². The van der Waals surface area contributed by atoms with Gasteiger partial charge in [-0.05, 0) is 51.5 Å². The molecule has 0 saturated carbocycles. The minimum atomic E-state index is -0.415. The fraction of sp³-hybridized carbons (Fsp3) is 0.647. The van der Waals surface area contributed by atoms with E-state index in [-0.39, 0.29) is 24.1 Å². The van der Waals surface area contributed by atoms with Gasteiger partial charge in [-0.15, -0.1) is 0 Å². The van der Waals surface area contributed by atoms with Crippen LogP contribution in [-0.2, 0) is 11.2 Å². The van der Waals surface area contributed by atoms with Crippen molar-refractivity contribution < 1.29 is 9.18 Å². The Bertz CT molecular complexity index is 545. The molecule has 1 atom stereocenters. The monoisotopic (exact) mass is 320 g/mol. The van der Waals surface area contributed by atoms with Gasteiger partial charge in [-0.1, -0.05) is 0 Å². The zero-order valence-electron chi connectivity index (χ0n) is 13.7. The minimum Gasteiger partial charge on any atom is -0.352 e. The van der Waals surface area contributed by atoms with Gasteiger partial charge in [-0.25, -0.2) is 4.39 Å². The first-order valence-electron chi connectivity index (χ1n) is 8.43. The summed E-state index contributed by atoms with van der Waals surface area (Å²) in [6.07, 6.45) is 4.91. The molecule has 1 aromatic rings. The Morgan fingerprint density at radius 3 is 2.87 bits per heavy atom. The van der Waals surface area contributed by atoms with Crippen LogP contribution in [0.4, 0.5) is 4.39 Å². The second-order valence-electron chi connectivity index (χ2n) is 6.69. The van der Waals surface area contributed by atoms with E-state index >= 15 is 0 Å². The van der Waals surface area contributed by atoms with Gasteiger partial charge >= 0.3 is 0 Å². The summed E-state index contributed by atoms with van der Waals surface area (Å²) in [5.74, 6) is -0.556. The van der Waals surface area contributed by atoms with Gasteiger partial charge in [0.2, 0.25) is 5.91 Å². The van der Waals surface area contributed by atoms with Crippen molar-refractivity contribution in [2.24, 2.45) is 0 Å². The van der Waals surface area contributed by atoms with E-state index in [0.717, 1.165) is 32.6 Å². The van der Waals surface area contributed by atoms with Crippen LogP contribution in [0.3, 0.4) is 0 Å². The molecule has 0 radical (unpaired) electrons. The summed E-state index contributed by atoms with van der Waals surface area (Å²) in [5.41, 5.74) is 0.218. The second-order valence-corrected chi connectivity index (χ2v) is 6.69. The van der Waals surface area contributed by atoms with Crippen LogP contribution in [0.25, 0.3) is 0 Å². The van der Waals surface area contributed by atoms with E-state index in [1.54, 1.807) is 0 Å². The van der Waals surface area contributed by atoms with E-state index in [1.165, 1.54) is 31.2 Å². The maximum absolute atomic E-state index is 13.5. The molecular weight excluding hydrogens is 295 g/mol. The molecule has 2 aliphatic heterocycles. The number of halogens is 1. The van der Waals surface area contributed by atoms with Crippen molar-refractivity contribution in [3.8, 4) is 0 Å². The van der Waals surface area contributed by atoms with Crippen LogP contribution in [0.1, 0.15) is 25.0 Å². The van der Waals surface area contributed by atoms with E-state index in [0.29, 0.717) is 6.04 Å². The number of hydrogen-bond donors (Lipinski definition) is 1. The van der Waals surface area contributed by atoms with Crippen LogP contribution in [0.15, 0.2) is 18.3 Å². The highest BCUT2D eigenvalue weighted by molar-refractivity contribution is 5.78. The Morgan fingerprint density at radius 1 is 1.35 bits per heavy atom. The number of carbonyl (C=O) groups is 1. The summed E-state index contributed by atoms with van der Waals surface area (Å²) >= 11 is 0. The van der Waals surface area contributed by atoms with Crippen LogP contribution < -0.4 is 5.32 Å². The summed E-state index contributed by atoms with van der Waals surface area (Å²) in [6.45, 7) is 4.25. The first kappa shape index (κ1) is 16.3. The molecule has 5 nitrogen and oxygen atoms in total. The third kappa shape index (κ3) is 4.26. The molecule has 0 bridgehead atoms. The SMILES string of the molecule is CN1CCC(N2CCC(NC(=O)Cc3ncccc3F)C2)CC1. The fourth-order valence-electron chi connectivity index (χ4n) is 3.58. The third-order valence-corrected chi connectivity index (χ3v) is 4.95. The second kappa shape index (κ2) is 7.36. The van der Waals surface area contributed by atoms with Crippen molar-refractivity contribution in [3.05, 3.63) is 29.8 Å². The lowest BCUT2D eigenvalue weighted by atomic mass is 10.0. The van der Waals surface area contributed by atoms with Crippen LogP contribution in [0, 0.1) is 5.82 Å². The van der Waals surface area contributed by atoms with E-state index < -0.39 is 5.82 Å². The number of likely N-dealkylation sites (tertiary alicyclic amines) is 2. The molecule has 3 heterocycles. The molecule has 3 rings (SSSR count). The molecule has 2 aliphatic rings. The topological polar surface area (TPSA) is 48.5 Å². The van der Waals surface area contributed by atoms with Crippen molar-refractivity contribution in [2.45, 2.75) is 37.8 Å². The summed E-state index contributed by atoms with van der Waals surface area (Å²) < 4.78 is 13.5. The number of hydrogen-bond acceptors (Lipinski definition) is 4. The van der Waals surface area contributed by atoms with Gasteiger partial charge in [0, 0.05) is 31.4 Å². The average Bonchev–Trinajstić information content (AvgIpc) is 2.98. The molecule has 1 amide bonds. The number of nitrogens with one attached hydrogen (secondary N) is 1. The van der Waals surface area contributed by atoms with Crippen molar-refractivity contribution in [2.75, 3.05) is 33.2 Å². The Balaban J connectivity index is 1.46. The highest BCUT2D eigenvalue weighted by Crippen LogP contribution is 2.20. The fourth-order valence-corrected chi connectivity index (χ4v) is 3.58. The van der Waals surface area contributed by atoms with Crippen LogP contribution in [-0.4, -0.2) is 66.0 Å². The Kier molecular flexibility index (Phi) is 5.23. The molecule has 1 unspecified atom stereocenters. The zero-order valence-corrected chi connectivity index (χ0v) is 13.7. The Labute approximate surface area is 136 Å². The first-order chi connectivity index (χ1) is 11.1. The molecule has 6 heteroatoms. The molecule has 2 fully saturated rings. The van der Waals surface area contributed by atoms with Gasteiger partial charge in [0.25, 0.3) is 0 Å². The quantitative estimate of drug-likeness (QED) is 0.901. The maximum atomic E-state index is 13.5. The smallest absolute Gasteiger partial charge is 0.226 e. The van der Waals surface area contributed by atoms with Crippen molar-refractivity contribution in [1.29, 1.82) is 0 Å². The van der Waals surface area contributed by atoms with Gasteiger partial charge in [0.1, 0.15) is 5.82 Å². The standard InChI is InChI=1S/C17H25FN4O/c1-21-8-5-14(6-9-21)22-10-4-13(12-22)20-17(23)11-16-15(18)3-2-7-19-16/h2-3,7,13-14H,4-6,8-12H2,1H3,(H,20,23). The largest absolute Gasteiger partial charge is 0.352 e. The highest BCUT2D eigenvalue weighted by atomic mass is 19.1. The molecular formula is C17H25FN4O. The van der Waals surface area contributed by atoms with Gasteiger partial charge in [-0.2, -0.15) is 0 Å². The van der Waals surface area contributed by atoms with Gasteiger partial charge in [-0.3, -0.25) is 14.7 Å². The van der Waals surface area contributed by atoms with Crippen LogP contribution in [0.2, 0.25) is 0 Å². The lowest BCUT2D eigenvalue weighted by Crippen LogP contribution is -2.44. The summed E-state index contributed by atoms with van der Waals surface area (Å²) in [5, 5.41) is 3.03. The Hall–Kier alpha value is -1.53. The number of aromatic nitrogens is 1. The molecule has 1 N–H and O–H groups in total. The number of nitrogens with zero attached hydrogens (tertiary/aromatic N) is 3. The molecule has 23 heavy (non-hydrogen) atoms. The lowest BCUT2D eigenvalue weighted by molar-refractivity contribution is -0.121. The normalized spacial score (nSPS) is 24.0. The first-order valence-corrected chi connectivity index (χ1v) is 8.43. The molecule has 0 aliphatic carbocycles. The molecule has 126 valence electrons. The number of piperidine rings is 1. The Morgan fingerprint density at radius 2 is 2.13 bits per heavy atom. The number of rotatable bonds is 4. The summed E-state index contributed by atoms with van der Waals surface area (Å²) in [7, 11) is 2.17. The average molecular weight is 320 g/mol. The summed E-state index contributed by atoms with van der Waals surface area (Å²) in [6, 6.07) is 3.69. The van der Waals surface area contributed by atoms with E-state index in [4.69, 9.17) is 0 Å². The highest BCUT2D eigenvalue weighted by Gasteiger charge is 2.30. The van der Waals surface area contributed by atoms with E-state index in [1.807, 2.05) is 0 Å². The predicted molar refractivity (Wildman–Crippen MR) is 86.5 cm³/mol. The van der Waals surface area contributed by atoms with Gasteiger partial charge < -0.3 is 10.2 Å². The maximum Gasteiger partial charge on any atom is 0.226 e. The predicted octanol–water partition coefficient (Wildman–Crippen LogP) is 1.05. The van der Waals surface area contributed by atoms with Crippen LogP contribution >= 0.6 is 0 Å². The lowest BCUT2D eigenvalue weighted by Gasteiger charge is -2.35. The van der Waals surface area contributed by atoms with Crippen molar-refractivity contribution >= 4 is 5.91 Å². The third-order valence-electron chi connectivity index (χ3n) is 4.95. The minimum absolute atomic E-state index is 0.0113. The molecule has 0 aromatic carbocycles. The van der Waals surface area contributed by atoms with Crippen molar-refractivity contribution in [1.82, 2.24) is 20.1 Å². The molecule has 2 saturated heterocycles. The molecule has 0 spiro atoms. The van der Waals surface area contributed by atoms with E-state index in [2.05, 4.69) is 27.1 Å². The number of pyridine rings is 1. The van der Waals surface area contributed by atoms with Crippen molar-refractivity contribution in [3.63, 3.8) is 0 Å². The number of amides is 1. The molecule has 1 aromatic heterocycles. The zero-order chi connectivity index (χ0) is 16.2. The van der Waals surface area contributed by atoms with Crippen LogP contribution in [0.5, 0.6) is 0 Å². The number of carbonyl (C=O) groups excluding carboxylic acids is 1. The van der Waals surface area contributed by atoms with Gasteiger partial charge in [0.15, 0.2) is 0 Å².